The molecule has 1 aromatic heterocycles. The number of halogens is 4. The summed E-state index contributed by atoms with van der Waals surface area (Å²) in [6.07, 6.45) is -4.16. The van der Waals surface area contributed by atoms with E-state index in [-0.39, 0.29) is 13.1 Å². The van der Waals surface area contributed by atoms with Gasteiger partial charge in [0.15, 0.2) is 0 Å². The van der Waals surface area contributed by atoms with Crippen molar-refractivity contribution in [1.82, 2.24) is 14.8 Å². The van der Waals surface area contributed by atoms with Gasteiger partial charge in [-0.25, -0.2) is 4.39 Å². The Hall–Kier alpha value is -1.70. The standard InChI is InChI=1S/C13H13F4N3O/c14-10-5-19(6-10)7-11-1-8-3-20(4-9(8)2-18-11)12(21)13(15,16)17/h1-2,10H,3-7H2. The van der Waals surface area contributed by atoms with Crippen LogP contribution in [0.5, 0.6) is 0 Å². The predicted molar refractivity (Wildman–Crippen MR) is 64.7 cm³/mol. The van der Waals surface area contributed by atoms with E-state index in [9.17, 15) is 22.4 Å². The second-order valence-electron chi connectivity index (χ2n) is 5.39. The predicted octanol–water partition coefficient (Wildman–Crippen LogP) is 1.64. The molecule has 1 fully saturated rings. The van der Waals surface area contributed by atoms with Crippen molar-refractivity contribution in [3.63, 3.8) is 0 Å². The molecule has 2 aliphatic rings. The maximum absolute atomic E-state index is 12.7. The van der Waals surface area contributed by atoms with Gasteiger partial charge in [-0.05, 0) is 17.2 Å². The Morgan fingerprint density at radius 2 is 1.95 bits per heavy atom. The molecule has 3 rings (SSSR count). The van der Waals surface area contributed by atoms with Crippen LogP contribution < -0.4 is 0 Å². The number of hydrogen-bond acceptors (Lipinski definition) is 3. The average Bonchev–Trinajstić information content (AvgIpc) is 2.77. The highest BCUT2D eigenvalue weighted by Crippen LogP contribution is 2.28. The van der Waals surface area contributed by atoms with Crippen LogP contribution in [0.1, 0.15) is 16.8 Å². The third-order valence-corrected chi connectivity index (χ3v) is 3.69. The molecule has 0 saturated carbocycles. The van der Waals surface area contributed by atoms with Gasteiger partial charge >= 0.3 is 12.1 Å². The van der Waals surface area contributed by atoms with E-state index >= 15 is 0 Å². The molecular formula is C13H13F4N3O. The van der Waals surface area contributed by atoms with Gasteiger partial charge in [0.25, 0.3) is 0 Å². The number of fused-ring (bicyclic) bond motifs is 1. The van der Waals surface area contributed by atoms with E-state index in [2.05, 4.69) is 4.98 Å². The molecule has 8 heteroatoms. The third-order valence-electron chi connectivity index (χ3n) is 3.69. The van der Waals surface area contributed by atoms with Gasteiger partial charge in [-0.15, -0.1) is 0 Å². The van der Waals surface area contributed by atoms with Crippen molar-refractivity contribution in [3.8, 4) is 0 Å². The quantitative estimate of drug-likeness (QED) is 0.779. The molecule has 1 aromatic rings. The van der Waals surface area contributed by atoms with Crippen LogP contribution in [-0.2, 0) is 24.4 Å². The Balaban J connectivity index is 1.68. The molecule has 21 heavy (non-hydrogen) atoms. The van der Waals surface area contributed by atoms with Crippen LogP contribution >= 0.6 is 0 Å². The van der Waals surface area contributed by atoms with Gasteiger partial charge in [-0.2, -0.15) is 13.2 Å². The molecule has 4 nitrogen and oxygen atoms in total. The maximum atomic E-state index is 12.7. The first kappa shape index (κ1) is 14.2. The molecule has 0 bridgehead atoms. The van der Waals surface area contributed by atoms with Crippen molar-refractivity contribution in [2.24, 2.45) is 0 Å². The van der Waals surface area contributed by atoms with Crippen LogP contribution in [0.4, 0.5) is 17.6 Å². The number of aromatic nitrogens is 1. The number of alkyl halides is 4. The van der Waals surface area contributed by atoms with Crippen molar-refractivity contribution >= 4 is 5.91 Å². The lowest BCUT2D eigenvalue weighted by Gasteiger charge is -2.33. The van der Waals surface area contributed by atoms with Crippen molar-refractivity contribution in [2.75, 3.05) is 13.1 Å². The maximum Gasteiger partial charge on any atom is 0.471 e. The van der Waals surface area contributed by atoms with E-state index in [0.717, 1.165) is 4.90 Å². The Morgan fingerprint density at radius 1 is 1.29 bits per heavy atom. The minimum atomic E-state index is -4.86. The third kappa shape index (κ3) is 2.85. The summed E-state index contributed by atoms with van der Waals surface area (Å²) in [4.78, 5) is 18.0. The highest BCUT2D eigenvalue weighted by Gasteiger charge is 2.44. The molecule has 114 valence electrons. The Labute approximate surface area is 118 Å². The Bertz CT molecular complexity index is 569. The van der Waals surface area contributed by atoms with E-state index in [0.29, 0.717) is 36.5 Å². The van der Waals surface area contributed by atoms with Crippen molar-refractivity contribution in [2.45, 2.75) is 32.0 Å². The lowest BCUT2D eigenvalue weighted by atomic mass is 10.1. The molecule has 3 heterocycles. The normalized spacial score (nSPS) is 19.5. The number of carbonyl (C=O) groups is 1. The molecule has 2 aliphatic heterocycles. The van der Waals surface area contributed by atoms with Gasteiger partial charge in [-0.1, -0.05) is 0 Å². The zero-order valence-corrected chi connectivity index (χ0v) is 11.0. The van der Waals surface area contributed by atoms with Crippen LogP contribution in [0.2, 0.25) is 0 Å². The van der Waals surface area contributed by atoms with Crippen LogP contribution in [0, 0.1) is 0 Å². The summed E-state index contributed by atoms with van der Waals surface area (Å²) in [5, 5.41) is 0. The number of rotatable bonds is 2. The van der Waals surface area contributed by atoms with Gasteiger partial charge in [0, 0.05) is 38.9 Å². The zero-order valence-electron chi connectivity index (χ0n) is 11.0. The van der Waals surface area contributed by atoms with E-state index in [4.69, 9.17) is 0 Å². The van der Waals surface area contributed by atoms with Gasteiger partial charge in [-0.3, -0.25) is 14.7 Å². The average molecular weight is 303 g/mol. The minimum absolute atomic E-state index is 0.0606. The number of likely N-dealkylation sites (tertiary alicyclic amines) is 1. The zero-order chi connectivity index (χ0) is 15.2. The van der Waals surface area contributed by atoms with Gasteiger partial charge in [0.2, 0.25) is 0 Å². The highest BCUT2D eigenvalue weighted by atomic mass is 19.4. The van der Waals surface area contributed by atoms with Gasteiger partial charge in [0.1, 0.15) is 6.17 Å². The smallest absolute Gasteiger partial charge is 0.326 e. The van der Waals surface area contributed by atoms with Crippen LogP contribution in [-0.4, -0.2) is 46.1 Å². The van der Waals surface area contributed by atoms with Gasteiger partial charge < -0.3 is 4.90 Å². The summed E-state index contributed by atoms with van der Waals surface area (Å²) in [6.45, 7) is 1.06. The number of pyridine rings is 1. The summed E-state index contributed by atoms with van der Waals surface area (Å²) in [5.41, 5.74) is 1.99. The van der Waals surface area contributed by atoms with Crippen LogP contribution in [0.3, 0.4) is 0 Å². The molecule has 0 aromatic carbocycles. The fourth-order valence-electron chi connectivity index (χ4n) is 2.61. The summed E-state index contributed by atoms with van der Waals surface area (Å²) < 4.78 is 50.0. The molecule has 1 saturated heterocycles. The Morgan fingerprint density at radius 3 is 2.57 bits per heavy atom. The summed E-state index contributed by atoms with van der Waals surface area (Å²) in [5.74, 6) is -1.83. The van der Waals surface area contributed by atoms with E-state index in [1.807, 2.05) is 4.90 Å². The molecule has 0 aliphatic carbocycles. The molecular weight excluding hydrogens is 290 g/mol. The summed E-state index contributed by atoms with van der Waals surface area (Å²) >= 11 is 0. The van der Waals surface area contributed by atoms with E-state index < -0.39 is 18.3 Å². The first-order chi connectivity index (χ1) is 9.83. The largest absolute Gasteiger partial charge is 0.471 e. The summed E-state index contributed by atoms with van der Waals surface area (Å²) in [6, 6.07) is 1.70. The molecule has 0 radical (unpaired) electrons. The molecule has 0 spiro atoms. The topological polar surface area (TPSA) is 36.4 Å². The molecule has 0 unspecified atom stereocenters. The second-order valence-corrected chi connectivity index (χ2v) is 5.39. The van der Waals surface area contributed by atoms with Crippen LogP contribution in [0.25, 0.3) is 0 Å². The second kappa shape index (κ2) is 4.94. The van der Waals surface area contributed by atoms with Gasteiger partial charge in [0.05, 0.1) is 5.69 Å². The number of nitrogens with zero attached hydrogens (tertiary/aromatic N) is 3. The number of hydrogen-bond donors (Lipinski definition) is 0. The lowest BCUT2D eigenvalue weighted by molar-refractivity contribution is -0.186. The van der Waals surface area contributed by atoms with E-state index in [1.165, 1.54) is 6.20 Å². The molecule has 0 N–H and O–H groups in total. The monoisotopic (exact) mass is 303 g/mol. The lowest BCUT2D eigenvalue weighted by Crippen LogP contribution is -2.47. The SMILES string of the molecule is O=C(N1Cc2cnc(CN3CC(F)C3)cc2C1)C(F)(F)F. The number of carbonyl (C=O) groups excluding carboxylic acids is 1. The fraction of sp³-hybridized carbons (Fsp3) is 0.538. The first-order valence-corrected chi connectivity index (χ1v) is 6.52. The minimum Gasteiger partial charge on any atom is -0.326 e. The van der Waals surface area contributed by atoms with Crippen molar-refractivity contribution in [3.05, 3.63) is 29.1 Å². The first-order valence-electron chi connectivity index (χ1n) is 6.52. The highest BCUT2D eigenvalue weighted by molar-refractivity contribution is 5.82. The summed E-state index contributed by atoms with van der Waals surface area (Å²) in [7, 11) is 0. The van der Waals surface area contributed by atoms with Crippen molar-refractivity contribution < 1.29 is 22.4 Å². The van der Waals surface area contributed by atoms with E-state index in [1.54, 1.807) is 6.07 Å². The van der Waals surface area contributed by atoms with Crippen LogP contribution in [0.15, 0.2) is 12.3 Å². The van der Waals surface area contributed by atoms with Crippen molar-refractivity contribution in [1.29, 1.82) is 0 Å². The Kier molecular flexibility index (Phi) is 3.35. The molecule has 1 amide bonds. The molecule has 0 atom stereocenters. The fourth-order valence-corrected chi connectivity index (χ4v) is 2.61. The number of amides is 1.